The van der Waals surface area contributed by atoms with Gasteiger partial charge in [0.05, 0.1) is 26.1 Å². The highest BCUT2D eigenvalue weighted by molar-refractivity contribution is 6.91. The van der Waals surface area contributed by atoms with Crippen LogP contribution in [0.4, 0.5) is 0 Å². The Labute approximate surface area is 373 Å². The lowest BCUT2D eigenvalue weighted by molar-refractivity contribution is 0.417. The van der Waals surface area contributed by atoms with Gasteiger partial charge in [-0.05, 0) is 111 Å². The monoisotopic (exact) mass is 848 g/mol. The molecule has 7 aromatic rings. The number of methoxy groups -OCH3 is 2. The quantitative estimate of drug-likeness (QED) is 0.0656. The Bertz CT molecular complexity index is 2800. The van der Waals surface area contributed by atoms with E-state index in [9.17, 15) is 0 Å². The summed E-state index contributed by atoms with van der Waals surface area (Å²) in [6.45, 7) is 28.9. The first-order valence-corrected chi connectivity index (χ1v) is 27.7. The largest absolute Gasteiger partial charge is 0.496 e. The van der Waals surface area contributed by atoms with E-state index in [0.29, 0.717) is 33.2 Å². The van der Waals surface area contributed by atoms with E-state index in [1.165, 1.54) is 76.8 Å². The zero-order chi connectivity index (χ0) is 44.2. The number of hydrogen-bond acceptors (Lipinski definition) is 2. The second-order valence-corrected chi connectivity index (χ2v) is 31.4. The lowest BCUT2D eigenvalue weighted by Gasteiger charge is -2.38. The Morgan fingerprint density at radius 1 is 0.387 bits per heavy atom. The van der Waals surface area contributed by atoms with Crippen molar-refractivity contribution in [1.29, 1.82) is 0 Å². The number of fused-ring (bicyclic) bond motifs is 6. The first-order chi connectivity index (χ1) is 29.6. The summed E-state index contributed by atoms with van der Waals surface area (Å²) in [6.07, 6.45) is 0. The molecule has 2 atom stereocenters. The van der Waals surface area contributed by atoms with Crippen molar-refractivity contribution in [3.63, 3.8) is 0 Å². The molecule has 9 rings (SSSR count). The molecule has 0 amide bonds. The van der Waals surface area contributed by atoms with Crippen molar-refractivity contribution in [2.45, 2.75) is 128 Å². The van der Waals surface area contributed by atoms with Gasteiger partial charge in [-0.15, -0.1) is 11.1 Å². The van der Waals surface area contributed by atoms with Gasteiger partial charge in [-0.25, -0.2) is 0 Å². The van der Waals surface area contributed by atoms with Crippen molar-refractivity contribution < 1.29 is 9.47 Å². The summed E-state index contributed by atoms with van der Waals surface area (Å²) >= 11 is 0. The maximum Gasteiger partial charge on any atom is 0.146 e. The lowest BCUT2D eigenvalue weighted by atomic mass is 9.72. The molecular weight excluding hydrogens is 785 g/mol. The minimum Gasteiger partial charge on any atom is -0.496 e. The summed E-state index contributed by atoms with van der Waals surface area (Å²) in [5, 5.41) is 9.76. The fourth-order valence-electron chi connectivity index (χ4n) is 13.2. The molecule has 0 spiro atoms. The van der Waals surface area contributed by atoms with Gasteiger partial charge in [0, 0.05) is 21.5 Å². The number of ether oxygens (including phenoxy) is 2. The summed E-state index contributed by atoms with van der Waals surface area (Å²) in [4.78, 5) is 0. The fraction of sp³-hybridized carbons (Fsp3) is 0.379. The molecule has 2 aliphatic carbocycles. The average molecular weight is 849 g/mol. The lowest BCUT2D eigenvalue weighted by Crippen LogP contribution is -2.43. The van der Waals surface area contributed by atoms with E-state index in [1.807, 2.05) is 14.2 Å². The molecule has 0 aliphatic heterocycles. The minimum atomic E-state index is -2.01. The molecule has 2 nitrogen and oxygen atoms in total. The third-order valence-corrected chi connectivity index (χ3v) is 28.5. The standard InChI is InChI=1S/C58H64O2Si2/c1-33(2)61(34(3)4,35(5)6)29-27-43-39-19-15-17-21-41(39)49-31-51(59-13)57-55-47(25-23-45(43)53(49)55)48-26-24-46-44(28-30-62(36(7)8,37(9)10)38(11)12)40-20-16-18-22-42(40)50-32-52(60-14)58(57)56(48)54(46)50/h15-26,31-38,43-44H,1-14H3. The molecule has 0 saturated carbocycles. The Hall–Kier alpha value is -5.01. The predicted octanol–water partition coefficient (Wildman–Crippen LogP) is 16.4. The molecule has 0 bridgehead atoms. The van der Waals surface area contributed by atoms with Gasteiger partial charge < -0.3 is 9.47 Å². The number of benzene rings is 7. The summed E-state index contributed by atoms with van der Waals surface area (Å²) < 4.78 is 13.0. The normalized spacial score (nSPS) is 15.9. The highest BCUT2D eigenvalue weighted by atomic mass is 28.3. The van der Waals surface area contributed by atoms with Crippen LogP contribution in [0, 0.1) is 22.9 Å². The average Bonchev–Trinajstić information content (AvgIpc) is 3.24. The van der Waals surface area contributed by atoms with Crippen molar-refractivity contribution in [3.05, 3.63) is 107 Å². The van der Waals surface area contributed by atoms with Crippen LogP contribution in [-0.2, 0) is 0 Å². The maximum atomic E-state index is 6.52. The zero-order valence-electron chi connectivity index (χ0n) is 39.5. The second kappa shape index (κ2) is 15.4. The summed E-state index contributed by atoms with van der Waals surface area (Å²) in [5.74, 6) is 9.79. The van der Waals surface area contributed by atoms with Gasteiger partial charge in [0.1, 0.15) is 27.6 Å². The summed E-state index contributed by atoms with van der Waals surface area (Å²) in [5.41, 5.74) is 21.7. The minimum absolute atomic E-state index is 0.0372. The van der Waals surface area contributed by atoms with Gasteiger partial charge in [0.15, 0.2) is 0 Å². The Morgan fingerprint density at radius 3 is 1.05 bits per heavy atom. The Balaban J connectivity index is 1.41. The molecule has 62 heavy (non-hydrogen) atoms. The van der Waals surface area contributed by atoms with Gasteiger partial charge in [-0.3, -0.25) is 0 Å². The third kappa shape index (κ3) is 5.75. The zero-order valence-corrected chi connectivity index (χ0v) is 41.5. The highest BCUT2D eigenvalue weighted by Gasteiger charge is 2.44. The van der Waals surface area contributed by atoms with Crippen LogP contribution in [0.3, 0.4) is 0 Å². The molecule has 0 aromatic heterocycles. The van der Waals surface area contributed by atoms with E-state index in [1.54, 1.807) is 0 Å². The first-order valence-electron chi connectivity index (χ1n) is 23.2. The number of rotatable bonds is 8. The molecule has 2 unspecified atom stereocenters. The second-order valence-electron chi connectivity index (χ2n) is 20.3. The van der Waals surface area contributed by atoms with Crippen molar-refractivity contribution in [3.8, 4) is 56.7 Å². The SMILES string of the molecule is COc1cc2c3c(ccc4c5ccc6c7c(cc(OC)c(c1c34)c75)-c1ccccc1C6C#C[Si](C(C)C)(C(C)C)C(C)C)C(C#C[Si](C(C)C)(C(C)C)C(C)C)c1ccccc1-2. The highest BCUT2D eigenvalue weighted by Crippen LogP contribution is 2.58. The van der Waals surface area contributed by atoms with Crippen LogP contribution in [0.1, 0.15) is 117 Å². The molecule has 0 heterocycles. The summed E-state index contributed by atoms with van der Waals surface area (Å²) in [6, 6.07) is 32.2. The Morgan fingerprint density at radius 2 is 0.726 bits per heavy atom. The van der Waals surface area contributed by atoms with E-state index < -0.39 is 16.1 Å². The van der Waals surface area contributed by atoms with Crippen molar-refractivity contribution in [2.24, 2.45) is 0 Å². The van der Waals surface area contributed by atoms with Crippen molar-refractivity contribution in [1.82, 2.24) is 0 Å². The molecule has 7 aromatic carbocycles. The molecule has 2 aliphatic rings. The van der Waals surface area contributed by atoms with Gasteiger partial charge in [-0.1, -0.05) is 168 Å². The van der Waals surface area contributed by atoms with Gasteiger partial charge >= 0.3 is 0 Å². The molecular formula is C58H64O2Si2. The van der Waals surface area contributed by atoms with Crippen LogP contribution >= 0.6 is 0 Å². The van der Waals surface area contributed by atoms with Crippen LogP contribution in [0.5, 0.6) is 11.5 Å². The smallest absolute Gasteiger partial charge is 0.146 e. The van der Waals surface area contributed by atoms with Crippen LogP contribution < -0.4 is 9.47 Å². The van der Waals surface area contributed by atoms with E-state index in [0.717, 1.165) is 22.3 Å². The van der Waals surface area contributed by atoms with E-state index in [-0.39, 0.29) is 11.8 Å². The maximum absolute atomic E-state index is 6.52. The van der Waals surface area contributed by atoms with Crippen LogP contribution in [0.25, 0.3) is 65.3 Å². The Kier molecular flexibility index (Phi) is 10.5. The van der Waals surface area contributed by atoms with Crippen LogP contribution in [0.15, 0.2) is 84.9 Å². The molecule has 0 N–H and O–H groups in total. The van der Waals surface area contributed by atoms with E-state index in [4.69, 9.17) is 9.47 Å². The third-order valence-electron chi connectivity index (χ3n) is 15.9. The van der Waals surface area contributed by atoms with E-state index in [2.05, 4.69) is 191 Å². The molecule has 0 radical (unpaired) electrons. The van der Waals surface area contributed by atoms with Crippen molar-refractivity contribution in [2.75, 3.05) is 14.2 Å². The van der Waals surface area contributed by atoms with Crippen LogP contribution in [0.2, 0.25) is 33.2 Å². The molecule has 316 valence electrons. The van der Waals surface area contributed by atoms with Crippen LogP contribution in [-0.4, -0.2) is 30.4 Å². The van der Waals surface area contributed by atoms with Gasteiger partial charge in [0.2, 0.25) is 0 Å². The topological polar surface area (TPSA) is 18.5 Å². The first kappa shape index (κ1) is 42.3. The van der Waals surface area contributed by atoms with Gasteiger partial charge in [-0.2, -0.15) is 0 Å². The molecule has 0 fully saturated rings. The summed E-state index contributed by atoms with van der Waals surface area (Å²) in [7, 11) is -0.366. The van der Waals surface area contributed by atoms with E-state index >= 15 is 0 Å². The van der Waals surface area contributed by atoms with Crippen molar-refractivity contribution >= 4 is 59.2 Å². The number of hydrogen-bond donors (Lipinski definition) is 0. The molecule has 0 saturated heterocycles. The van der Waals surface area contributed by atoms with Gasteiger partial charge in [0.25, 0.3) is 0 Å². The fourth-order valence-corrected chi connectivity index (χ4v) is 23.7. The molecule has 4 heteroatoms. The predicted molar refractivity (Wildman–Crippen MR) is 273 cm³/mol.